The molecule has 0 radical (unpaired) electrons. The molecule has 0 amide bonds. The highest BCUT2D eigenvalue weighted by atomic mass is 16.5. The second-order valence-corrected chi connectivity index (χ2v) is 4.93. The van der Waals surface area contributed by atoms with E-state index in [1.807, 2.05) is 63.2 Å². The second kappa shape index (κ2) is 4.58. The molecule has 88 valence electrons. The number of benzene rings is 1. The summed E-state index contributed by atoms with van der Waals surface area (Å²) in [5.74, 6) is 0.874. The molecule has 2 nitrogen and oxygen atoms in total. The van der Waals surface area contributed by atoms with E-state index in [0.717, 1.165) is 17.0 Å². The Hall–Kier alpha value is -1.83. The molecule has 1 aromatic carbocycles. The van der Waals surface area contributed by atoms with E-state index >= 15 is 0 Å². The van der Waals surface area contributed by atoms with Gasteiger partial charge < -0.3 is 4.74 Å². The van der Waals surface area contributed by atoms with Gasteiger partial charge in [-0.2, -0.15) is 0 Å². The molecular weight excluding hydrogens is 210 g/mol. The standard InChI is InChI=1S/C15H17NO/c1-15(2,3)17-14-10-5-4-8-12(14)13-9-6-7-11-16-13/h4-11H,1-3H3. The van der Waals surface area contributed by atoms with Gasteiger partial charge in [-0.05, 0) is 45.0 Å². The lowest BCUT2D eigenvalue weighted by Gasteiger charge is -2.23. The van der Waals surface area contributed by atoms with Crippen LogP contribution >= 0.6 is 0 Å². The Kier molecular flexibility index (Phi) is 3.14. The molecule has 17 heavy (non-hydrogen) atoms. The number of hydrogen-bond acceptors (Lipinski definition) is 2. The van der Waals surface area contributed by atoms with Crippen LogP contribution in [-0.2, 0) is 0 Å². The van der Waals surface area contributed by atoms with Gasteiger partial charge in [0.05, 0.1) is 5.69 Å². The lowest BCUT2D eigenvalue weighted by atomic mass is 10.1. The van der Waals surface area contributed by atoms with Gasteiger partial charge in [-0.3, -0.25) is 4.98 Å². The van der Waals surface area contributed by atoms with Gasteiger partial charge >= 0.3 is 0 Å². The summed E-state index contributed by atoms with van der Waals surface area (Å²) in [7, 11) is 0. The monoisotopic (exact) mass is 227 g/mol. The van der Waals surface area contributed by atoms with E-state index in [1.54, 1.807) is 6.20 Å². The first-order chi connectivity index (χ1) is 8.06. The van der Waals surface area contributed by atoms with E-state index in [-0.39, 0.29) is 5.60 Å². The van der Waals surface area contributed by atoms with Gasteiger partial charge in [-0.25, -0.2) is 0 Å². The average Bonchev–Trinajstić information content (AvgIpc) is 2.29. The molecule has 2 aromatic rings. The fourth-order valence-corrected chi connectivity index (χ4v) is 1.62. The number of hydrogen-bond donors (Lipinski definition) is 0. The molecule has 2 heteroatoms. The highest BCUT2D eigenvalue weighted by molar-refractivity contribution is 5.66. The van der Waals surface area contributed by atoms with E-state index in [1.165, 1.54) is 0 Å². The summed E-state index contributed by atoms with van der Waals surface area (Å²) in [6, 6.07) is 13.9. The van der Waals surface area contributed by atoms with E-state index in [9.17, 15) is 0 Å². The van der Waals surface area contributed by atoms with Crippen LogP contribution in [-0.4, -0.2) is 10.6 Å². The lowest BCUT2D eigenvalue weighted by molar-refractivity contribution is 0.131. The first-order valence-corrected chi connectivity index (χ1v) is 5.76. The lowest BCUT2D eigenvalue weighted by Crippen LogP contribution is -2.23. The summed E-state index contributed by atoms with van der Waals surface area (Å²) in [6.45, 7) is 6.13. The van der Waals surface area contributed by atoms with Crippen LogP contribution < -0.4 is 4.74 Å². The Labute approximate surface area is 102 Å². The van der Waals surface area contributed by atoms with Crippen LogP contribution in [0.3, 0.4) is 0 Å². The van der Waals surface area contributed by atoms with Crippen molar-refractivity contribution in [2.45, 2.75) is 26.4 Å². The number of nitrogens with zero attached hydrogens (tertiary/aromatic N) is 1. The van der Waals surface area contributed by atoms with E-state index < -0.39 is 0 Å². The largest absolute Gasteiger partial charge is 0.487 e. The number of ether oxygens (including phenoxy) is 1. The third-order valence-corrected chi connectivity index (χ3v) is 2.24. The third-order valence-electron chi connectivity index (χ3n) is 2.24. The Bertz CT molecular complexity index is 486. The summed E-state index contributed by atoms with van der Waals surface area (Å²) in [4.78, 5) is 4.36. The first kappa shape index (κ1) is 11.6. The highest BCUT2D eigenvalue weighted by Gasteiger charge is 2.15. The molecule has 0 aliphatic carbocycles. The molecule has 2 rings (SSSR count). The molecule has 1 aromatic heterocycles. The van der Waals surface area contributed by atoms with E-state index in [0.29, 0.717) is 0 Å². The van der Waals surface area contributed by atoms with Crippen LogP contribution in [0.15, 0.2) is 48.7 Å². The number of para-hydroxylation sites is 1. The molecule has 0 atom stereocenters. The van der Waals surface area contributed by atoms with Gasteiger partial charge in [0, 0.05) is 11.8 Å². The van der Waals surface area contributed by atoms with Gasteiger partial charge in [-0.15, -0.1) is 0 Å². The fourth-order valence-electron chi connectivity index (χ4n) is 1.62. The summed E-state index contributed by atoms with van der Waals surface area (Å²) in [5.41, 5.74) is 1.76. The normalized spacial score (nSPS) is 11.2. The summed E-state index contributed by atoms with van der Waals surface area (Å²) in [5, 5.41) is 0. The van der Waals surface area contributed by atoms with Crippen LogP contribution in [0.1, 0.15) is 20.8 Å². The minimum atomic E-state index is -0.203. The fraction of sp³-hybridized carbons (Fsp3) is 0.267. The smallest absolute Gasteiger partial charge is 0.129 e. The van der Waals surface area contributed by atoms with Gasteiger partial charge in [0.1, 0.15) is 11.4 Å². The van der Waals surface area contributed by atoms with Crippen molar-refractivity contribution in [1.29, 1.82) is 0 Å². The van der Waals surface area contributed by atoms with Gasteiger partial charge in [0.25, 0.3) is 0 Å². The zero-order valence-corrected chi connectivity index (χ0v) is 10.5. The summed E-state index contributed by atoms with van der Waals surface area (Å²) in [6.07, 6.45) is 1.79. The Morgan fingerprint density at radius 3 is 2.29 bits per heavy atom. The first-order valence-electron chi connectivity index (χ1n) is 5.76. The maximum atomic E-state index is 5.95. The van der Waals surface area contributed by atoms with Gasteiger partial charge in [0.15, 0.2) is 0 Å². The van der Waals surface area contributed by atoms with Crippen molar-refractivity contribution in [2.75, 3.05) is 0 Å². The van der Waals surface area contributed by atoms with Gasteiger partial charge in [-0.1, -0.05) is 18.2 Å². The average molecular weight is 227 g/mol. The van der Waals surface area contributed by atoms with E-state index in [2.05, 4.69) is 4.98 Å². The quantitative estimate of drug-likeness (QED) is 0.775. The third kappa shape index (κ3) is 3.06. The molecule has 0 aliphatic heterocycles. The molecule has 0 unspecified atom stereocenters. The van der Waals surface area contributed by atoms with Crippen molar-refractivity contribution >= 4 is 0 Å². The maximum absolute atomic E-state index is 5.95. The van der Waals surface area contributed by atoms with Crippen LogP contribution in [0.2, 0.25) is 0 Å². The van der Waals surface area contributed by atoms with Crippen molar-refractivity contribution in [3.05, 3.63) is 48.7 Å². The number of pyridine rings is 1. The van der Waals surface area contributed by atoms with Crippen LogP contribution in [0.25, 0.3) is 11.3 Å². The Balaban J connectivity index is 2.41. The molecule has 0 bridgehead atoms. The molecule has 0 fully saturated rings. The van der Waals surface area contributed by atoms with Gasteiger partial charge in [0.2, 0.25) is 0 Å². The SMILES string of the molecule is CC(C)(C)Oc1ccccc1-c1ccccn1. The van der Waals surface area contributed by atoms with E-state index in [4.69, 9.17) is 4.74 Å². The Morgan fingerprint density at radius 2 is 1.65 bits per heavy atom. The molecule has 0 saturated heterocycles. The van der Waals surface area contributed by atoms with Crippen molar-refractivity contribution in [3.63, 3.8) is 0 Å². The number of rotatable bonds is 2. The minimum absolute atomic E-state index is 0.203. The molecule has 0 aliphatic rings. The van der Waals surface area contributed by atoms with Crippen molar-refractivity contribution in [3.8, 4) is 17.0 Å². The topological polar surface area (TPSA) is 22.1 Å². The predicted molar refractivity (Wildman–Crippen MR) is 70.1 cm³/mol. The maximum Gasteiger partial charge on any atom is 0.129 e. The molecule has 0 saturated carbocycles. The van der Waals surface area contributed by atoms with Crippen molar-refractivity contribution in [1.82, 2.24) is 4.98 Å². The highest BCUT2D eigenvalue weighted by Crippen LogP contribution is 2.30. The van der Waals surface area contributed by atoms with Crippen LogP contribution in [0.4, 0.5) is 0 Å². The molecular formula is C15H17NO. The zero-order valence-electron chi connectivity index (χ0n) is 10.5. The predicted octanol–water partition coefficient (Wildman–Crippen LogP) is 3.93. The zero-order chi connectivity index (χ0) is 12.3. The van der Waals surface area contributed by atoms with Crippen LogP contribution in [0.5, 0.6) is 5.75 Å². The van der Waals surface area contributed by atoms with Crippen molar-refractivity contribution in [2.24, 2.45) is 0 Å². The molecule has 1 heterocycles. The Morgan fingerprint density at radius 1 is 0.941 bits per heavy atom. The second-order valence-electron chi connectivity index (χ2n) is 4.93. The molecule has 0 N–H and O–H groups in total. The number of aromatic nitrogens is 1. The van der Waals surface area contributed by atoms with Crippen molar-refractivity contribution < 1.29 is 4.74 Å². The minimum Gasteiger partial charge on any atom is -0.487 e. The summed E-state index contributed by atoms with van der Waals surface area (Å²) >= 11 is 0. The summed E-state index contributed by atoms with van der Waals surface area (Å²) < 4.78 is 5.95. The van der Waals surface area contributed by atoms with Crippen LogP contribution in [0, 0.1) is 0 Å². The molecule has 0 spiro atoms.